The third-order valence-corrected chi connectivity index (χ3v) is 1.26. The van der Waals surface area contributed by atoms with E-state index in [9.17, 15) is 9.59 Å². The molecule has 0 aliphatic rings. The molecule has 0 radical (unpaired) electrons. The summed E-state index contributed by atoms with van der Waals surface area (Å²) in [5.41, 5.74) is -0.323. The summed E-state index contributed by atoms with van der Waals surface area (Å²) >= 11 is 0. The van der Waals surface area contributed by atoms with Crippen LogP contribution in [0.15, 0.2) is 28.4 Å². The fourth-order valence-electron chi connectivity index (χ4n) is 0.745. The van der Waals surface area contributed by atoms with Crippen molar-refractivity contribution in [3.63, 3.8) is 0 Å². The summed E-state index contributed by atoms with van der Waals surface area (Å²) in [4.78, 5) is 25.9. The number of aromatic nitrogens is 2. The van der Waals surface area contributed by atoms with Gasteiger partial charge in [-0.3, -0.25) is 9.78 Å². The maximum Gasteiger partial charge on any atom is 0.325 e. The van der Waals surface area contributed by atoms with Crippen LogP contribution in [0.5, 0.6) is 0 Å². The Bertz CT molecular complexity index is 366. The van der Waals surface area contributed by atoms with Crippen molar-refractivity contribution in [2.75, 3.05) is 0 Å². The summed E-state index contributed by atoms with van der Waals surface area (Å²) in [6.45, 7) is 3.47. The largest absolute Gasteiger partial charge is 0.325 e. The third kappa shape index (κ3) is 2.77. The number of aromatic amines is 2. The SMILES string of the molecule is C=CCc1c[nH]c(=O)[nH]c1=O.[Hg]. The van der Waals surface area contributed by atoms with Gasteiger partial charge in [0, 0.05) is 39.4 Å². The van der Waals surface area contributed by atoms with Gasteiger partial charge < -0.3 is 4.98 Å². The summed E-state index contributed by atoms with van der Waals surface area (Å²) in [7, 11) is 0. The molecule has 0 aliphatic heterocycles. The van der Waals surface area contributed by atoms with Crippen molar-refractivity contribution < 1.29 is 27.7 Å². The second-order valence-corrected chi connectivity index (χ2v) is 2.09. The Hall–Kier alpha value is -0.645. The van der Waals surface area contributed by atoms with Gasteiger partial charge in [-0.2, -0.15) is 0 Å². The van der Waals surface area contributed by atoms with E-state index in [4.69, 9.17) is 0 Å². The van der Waals surface area contributed by atoms with Gasteiger partial charge >= 0.3 is 5.69 Å². The number of nitrogens with one attached hydrogen (secondary N) is 2. The first-order chi connectivity index (χ1) is 5.24. The van der Waals surface area contributed by atoms with Crippen molar-refractivity contribution >= 4 is 0 Å². The van der Waals surface area contributed by atoms with Gasteiger partial charge in [-0.05, 0) is 6.42 Å². The van der Waals surface area contributed by atoms with Crippen molar-refractivity contribution in [2.45, 2.75) is 6.42 Å². The minimum atomic E-state index is -0.484. The molecule has 2 N–H and O–H groups in total. The second kappa shape index (κ2) is 5.08. The Morgan fingerprint density at radius 2 is 2.17 bits per heavy atom. The van der Waals surface area contributed by atoms with Gasteiger partial charge in [-0.1, -0.05) is 6.08 Å². The molecular formula is C7H8HgN2O2. The fraction of sp³-hybridized carbons (Fsp3) is 0.143. The van der Waals surface area contributed by atoms with E-state index < -0.39 is 5.69 Å². The van der Waals surface area contributed by atoms with Crippen molar-refractivity contribution in [2.24, 2.45) is 0 Å². The zero-order valence-corrected chi connectivity index (χ0v) is 12.1. The zero-order chi connectivity index (χ0) is 8.27. The van der Waals surface area contributed by atoms with E-state index in [1.807, 2.05) is 0 Å². The maximum absolute atomic E-state index is 10.9. The Morgan fingerprint density at radius 3 is 2.67 bits per heavy atom. The molecule has 0 fully saturated rings. The van der Waals surface area contributed by atoms with Gasteiger partial charge in [-0.25, -0.2) is 4.79 Å². The Labute approximate surface area is 89.2 Å². The molecule has 0 saturated carbocycles. The smallest absolute Gasteiger partial charge is 0.314 e. The zero-order valence-electron chi connectivity index (χ0n) is 6.59. The van der Waals surface area contributed by atoms with E-state index in [0.717, 1.165) is 0 Å². The van der Waals surface area contributed by atoms with Crippen LogP contribution in [-0.2, 0) is 34.1 Å². The first-order valence-electron chi connectivity index (χ1n) is 3.16. The van der Waals surface area contributed by atoms with Crippen LogP contribution in [0, 0.1) is 0 Å². The summed E-state index contributed by atoms with van der Waals surface area (Å²) < 4.78 is 0. The first kappa shape index (κ1) is 11.4. The van der Waals surface area contributed by atoms with Crippen LogP contribution in [0.2, 0.25) is 0 Å². The molecule has 1 aromatic heterocycles. The van der Waals surface area contributed by atoms with Crippen LogP contribution in [-0.4, -0.2) is 9.97 Å². The van der Waals surface area contributed by atoms with Gasteiger partial charge in [0.05, 0.1) is 0 Å². The third-order valence-electron chi connectivity index (χ3n) is 1.26. The van der Waals surface area contributed by atoms with Crippen LogP contribution in [0.1, 0.15) is 5.56 Å². The summed E-state index contributed by atoms with van der Waals surface area (Å²) in [6, 6.07) is 0. The molecule has 1 rings (SSSR count). The van der Waals surface area contributed by atoms with E-state index in [-0.39, 0.29) is 33.2 Å². The molecular weight excluding hydrogens is 345 g/mol. The normalized spacial score (nSPS) is 8.67. The molecule has 5 heteroatoms. The summed E-state index contributed by atoms with van der Waals surface area (Å²) in [5.74, 6) is 0. The number of hydrogen-bond donors (Lipinski definition) is 2. The molecule has 0 spiro atoms. The van der Waals surface area contributed by atoms with Crippen molar-refractivity contribution in [3.05, 3.63) is 45.3 Å². The molecule has 1 aromatic rings. The summed E-state index contributed by atoms with van der Waals surface area (Å²) in [5, 5.41) is 0. The van der Waals surface area contributed by atoms with Crippen molar-refractivity contribution in [3.8, 4) is 0 Å². The minimum Gasteiger partial charge on any atom is -0.314 e. The molecule has 12 heavy (non-hydrogen) atoms. The predicted octanol–water partition coefficient (Wildman–Crippen LogP) is -0.211. The van der Waals surface area contributed by atoms with Gasteiger partial charge in [0.1, 0.15) is 0 Å². The average Bonchev–Trinajstić information content (AvgIpc) is 1.95. The monoisotopic (exact) mass is 354 g/mol. The molecule has 0 amide bonds. The van der Waals surface area contributed by atoms with Gasteiger partial charge in [0.2, 0.25) is 0 Å². The molecule has 0 aromatic carbocycles. The summed E-state index contributed by atoms with van der Waals surface area (Å²) in [6.07, 6.45) is 3.46. The predicted molar refractivity (Wildman–Crippen MR) is 41.6 cm³/mol. The van der Waals surface area contributed by atoms with Gasteiger partial charge in [0.25, 0.3) is 5.56 Å². The van der Waals surface area contributed by atoms with E-state index in [2.05, 4.69) is 16.5 Å². The molecule has 0 saturated heterocycles. The van der Waals surface area contributed by atoms with Crippen LogP contribution in [0.4, 0.5) is 0 Å². The van der Waals surface area contributed by atoms with Crippen LogP contribution in [0.25, 0.3) is 0 Å². The number of hydrogen-bond acceptors (Lipinski definition) is 2. The van der Waals surface area contributed by atoms with E-state index >= 15 is 0 Å². The van der Waals surface area contributed by atoms with E-state index in [1.54, 1.807) is 6.08 Å². The number of H-pyrrole nitrogens is 2. The molecule has 0 atom stereocenters. The molecule has 4 nitrogen and oxygen atoms in total. The molecule has 0 bridgehead atoms. The number of rotatable bonds is 2. The minimum absolute atomic E-state index is 0. The number of allylic oxidation sites excluding steroid dienone is 1. The topological polar surface area (TPSA) is 65.7 Å². The Balaban J connectivity index is 0.00000121. The molecule has 0 unspecified atom stereocenters. The van der Waals surface area contributed by atoms with E-state index in [0.29, 0.717) is 12.0 Å². The average molecular weight is 353 g/mol. The molecule has 60 valence electrons. The fourth-order valence-corrected chi connectivity index (χ4v) is 0.745. The standard InChI is InChI=1S/C7H8N2O2.Hg/c1-2-3-5-4-8-7(11)9-6(5)10;/h2,4H,1,3H2,(H2,8,9,10,11);. The first-order valence-corrected chi connectivity index (χ1v) is 3.16. The molecule has 0 aliphatic carbocycles. The maximum atomic E-state index is 10.9. The Kier molecular flexibility index (Phi) is 4.81. The Morgan fingerprint density at radius 1 is 1.50 bits per heavy atom. The van der Waals surface area contributed by atoms with Crippen LogP contribution >= 0.6 is 0 Å². The van der Waals surface area contributed by atoms with Gasteiger partial charge in [0.15, 0.2) is 0 Å². The van der Waals surface area contributed by atoms with Crippen molar-refractivity contribution in [1.82, 2.24) is 9.97 Å². The van der Waals surface area contributed by atoms with E-state index in [1.165, 1.54) is 6.20 Å². The van der Waals surface area contributed by atoms with Crippen LogP contribution < -0.4 is 11.2 Å². The molecule has 1 heterocycles. The quantitative estimate of drug-likeness (QED) is 0.571. The second-order valence-electron chi connectivity index (χ2n) is 2.09. The van der Waals surface area contributed by atoms with Crippen LogP contribution in [0.3, 0.4) is 0 Å². The van der Waals surface area contributed by atoms with Gasteiger partial charge in [-0.15, -0.1) is 6.58 Å². The van der Waals surface area contributed by atoms with Crippen molar-refractivity contribution in [1.29, 1.82) is 0 Å².